The first-order chi connectivity index (χ1) is 13.6. The summed E-state index contributed by atoms with van der Waals surface area (Å²) in [5.74, 6) is -0.659. The van der Waals surface area contributed by atoms with Crippen molar-refractivity contribution in [2.24, 2.45) is 0 Å². The van der Waals surface area contributed by atoms with Gasteiger partial charge in [-0.25, -0.2) is 9.59 Å². The highest BCUT2D eigenvalue weighted by atomic mass is 16.6. The number of benzene rings is 2. The summed E-state index contributed by atoms with van der Waals surface area (Å²) in [6.45, 7) is 3.70. The van der Waals surface area contributed by atoms with Gasteiger partial charge in [-0.2, -0.15) is 0 Å². The first-order valence-electron chi connectivity index (χ1n) is 9.51. The molecular formula is C24H24O4. The van der Waals surface area contributed by atoms with E-state index in [-0.39, 0.29) is 24.1 Å². The van der Waals surface area contributed by atoms with Crippen molar-refractivity contribution >= 4 is 24.1 Å². The van der Waals surface area contributed by atoms with E-state index in [4.69, 9.17) is 9.47 Å². The maximum absolute atomic E-state index is 12.2. The monoisotopic (exact) mass is 376 g/mol. The first-order valence-corrected chi connectivity index (χ1v) is 9.51. The lowest BCUT2D eigenvalue weighted by Crippen LogP contribution is -2.29. The molecule has 0 heterocycles. The van der Waals surface area contributed by atoms with Gasteiger partial charge in [0.15, 0.2) is 0 Å². The second-order valence-electron chi connectivity index (χ2n) is 6.81. The predicted molar refractivity (Wildman–Crippen MR) is 110 cm³/mol. The minimum Gasteiger partial charge on any atom is -0.459 e. The maximum Gasteiger partial charge on any atom is 0.338 e. The molecule has 0 saturated heterocycles. The normalized spacial score (nSPS) is 19.1. The Morgan fingerprint density at radius 1 is 0.821 bits per heavy atom. The fraction of sp³-hybridized carbons (Fsp3) is 0.250. The Bertz CT molecular complexity index is 829. The largest absolute Gasteiger partial charge is 0.459 e. The lowest BCUT2D eigenvalue weighted by molar-refractivity contribution is -0.145. The van der Waals surface area contributed by atoms with Crippen LogP contribution in [0.25, 0.3) is 12.2 Å². The Labute approximate surface area is 165 Å². The van der Waals surface area contributed by atoms with Crippen LogP contribution in [0.5, 0.6) is 0 Å². The van der Waals surface area contributed by atoms with Gasteiger partial charge >= 0.3 is 11.9 Å². The zero-order valence-electron chi connectivity index (χ0n) is 15.8. The Hall–Kier alpha value is -3.14. The van der Waals surface area contributed by atoms with Crippen molar-refractivity contribution in [2.75, 3.05) is 0 Å². The van der Waals surface area contributed by atoms with Crippen LogP contribution in [0.1, 0.15) is 47.2 Å². The number of carbonyl (C=O) groups excluding carboxylic acids is 2. The molecule has 3 rings (SSSR count). The van der Waals surface area contributed by atoms with Gasteiger partial charge in [-0.3, -0.25) is 0 Å². The number of carbonyl (C=O) groups is 2. The lowest BCUT2D eigenvalue weighted by Gasteiger charge is -2.27. The molecule has 1 aliphatic carbocycles. The van der Waals surface area contributed by atoms with Crippen molar-refractivity contribution in [3.63, 3.8) is 0 Å². The summed E-state index contributed by atoms with van der Waals surface area (Å²) in [6, 6.07) is 16.8. The highest BCUT2D eigenvalue weighted by Crippen LogP contribution is 2.24. The van der Waals surface area contributed by atoms with Crippen molar-refractivity contribution in [1.82, 2.24) is 0 Å². The van der Waals surface area contributed by atoms with Gasteiger partial charge in [0, 0.05) is 6.08 Å². The van der Waals surface area contributed by atoms with Gasteiger partial charge in [-0.1, -0.05) is 55.1 Å². The molecule has 0 unspecified atom stereocenters. The van der Waals surface area contributed by atoms with Crippen LogP contribution < -0.4 is 0 Å². The van der Waals surface area contributed by atoms with Crippen LogP contribution in [0.4, 0.5) is 0 Å². The van der Waals surface area contributed by atoms with E-state index in [1.165, 1.54) is 6.08 Å². The molecule has 0 spiro atoms. The molecule has 0 radical (unpaired) electrons. The SMILES string of the molecule is C=Cc1ccc(C(=O)OC2CCC(OC(=O)/C=C/c3ccccc3)CC2)cc1. The van der Waals surface area contributed by atoms with E-state index in [2.05, 4.69) is 6.58 Å². The summed E-state index contributed by atoms with van der Waals surface area (Å²) in [6.07, 6.45) is 7.43. The predicted octanol–water partition coefficient (Wildman–Crippen LogP) is 5.05. The van der Waals surface area contributed by atoms with E-state index in [9.17, 15) is 9.59 Å². The van der Waals surface area contributed by atoms with Gasteiger partial charge in [0.1, 0.15) is 12.2 Å². The van der Waals surface area contributed by atoms with Crippen molar-refractivity contribution in [2.45, 2.75) is 37.9 Å². The number of hydrogen-bond acceptors (Lipinski definition) is 4. The highest BCUT2D eigenvalue weighted by molar-refractivity contribution is 5.89. The Balaban J connectivity index is 1.42. The minimum absolute atomic E-state index is 0.130. The number of hydrogen-bond donors (Lipinski definition) is 0. The molecule has 0 bridgehead atoms. The molecule has 1 fully saturated rings. The van der Waals surface area contributed by atoms with Crippen LogP contribution in [0.15, 0.2) is 67.3 Å². The third kappa shape index (κ3) is 5.68. The van der Waals surface area contributed by atoms with Gasteiger partial charge in [0.2, 0.25) is 0 Å². The van der Waals surface area contributed by atoms with Crippen molar-refractivity contribution in [3.8, 4) is 0 Å². The van der Waals surface area contributed by atoms with Gasteiger partial charge < -0.3 is 9.47 Å². The molecule has 4 nitrogen and oxygen atoms in total. The van der Waals surface area contributed by atoms with Gasteiger partial charge in [0.25, 0.3) is 0 Å². The fourth-order valence-corrected chi connectivity index (χ4v) is 3.17. The first kappa shape index (κ1) is 19.6. The quantitative estimate of drug-likeness (QED) is 0.523. The highest BCUT2D eigenvalue weighted by Gasteiger charge is 2.26. The number of ether oxygens (including phenoxy) is 2. The molecule has 0 aliphatic heterocycles. The molecule has 1 saturated carbocycles. The van der Waals surface area contributed by atoms with E-state index < -0.39 is 0 Å². The number of rotatable bonds is 6. The van der Waals surface area contributed by atoms with E-state index in [1.807, 2.05) is 42.5 Å². The molecule has 2 aromatic rings. The van der Waals surface area contributed by atoms with Gasteiger partial charge in [0.05, 0.1) is 5.56 Å². The molecular weight excluding hydrogens is 352 g/mol. The van der Waals surface area contributed by atoms with Gasteiger partial charge in [-0.05, 0) is 55.0 Å². The van der Waals surface area contributed by atoms with Gasteiger partial charge in [-0.15, -0.1) is 0 Å². The van der Waals surface area contributed by atoms with Crippen molar-refractivity contribution in [3.05, 3.63) is 83.9 Å². The third-order valence-electron chi connectivity index (χ3n) is 4.77. The van der Waals surface area contributed by atoms with E-state index in [1.54, 1.807) is 24.3 Å². The molecule has 0 N–H and O–H groups in total. The Morgan fingerprint density at radius 2 is 1.43 bits per heavy atom. The summed E-state index contributed by atoms with van der Waals surface area (Å²) in [5.41, 5.74) is 2.45. The molecule has 144 valence electrons. The second kappa shape index (κ2) is 9.70. The average Bonchev–Trinajstić information content (AvgIpc) is 2.74. The van der Waals surface area contributed by atoms with Crippen LogP contribution in [-0.2, 0) is 14.3 Å². The summed E-state index contributed by atoms with van der Waals surface area (Å²) < 4.78 is 11.1. The van der Waals surface area contributed by atoms with Crippen LogP contribution in [0, 0.1) is 0 Å². The molecule has 0 amide bonds. The molecule has 2 aromatic carbocycles. The topological polar surface area (TPSA) is 52.6 Å². The fourth-order valence-electron chi connectivity index (χ4n) is 3.17. The second-order valence-corrected chi connectivity index (χ2v) is 6.81. The smallest absolute Gasteiger partial charge is 0.338 e. The van der Waals surface area contributed by atoms with Crippen molar-refractivity contribution < 1.29 is 19.1 Å². The molecule has 0 atom stereocenters. The summed E-state index contributed by atoms with van der Waals surface area (Å²) in [5, 5.41) is 0. The Kier molecular flexibility index (Phi) is 6.79. The summed E-state index contributed by atoms with van der Waals surface area (Å²) in [4.78, 5) is 24.2. The molecule has 28 heavy (non-hydrogen) atoms. The van der Waals surface area contributed by atoms with Crippen LogP contribution >= 0.6 is 0 Å². The average molecular weight is 376 g/mol. The molecule has 0 aromatic heterocycles. The molecule has 1 aliphatic rings. The summed E-state index contributed by atoms with van der Waals surface area (Å²) >= 11 is 0. The number of esters is 2. The zero-order chi connectivity index (χ0) is 19.8. The minimum atomic E-state index is -0.341. The van der Waals surface area contributed by atoms with Crippen LogP contribution in [0.2, 0.25) is 0 Å². The van der Waals surface area contributed by atoms with Crippen LogP contribution in [-0.4, -0.2) is 24.1 Å². The standard InChI is InChI=1S/C24H24O4/c1-2-18-8-11-20(12-9-18)24(26)28-22-15-13-21(14-16-22)27-23(25)17-10-19-6-4-3-5-7-19/h2-12,17,21-22H,1,13-16H2/b17-10+. The zero-order valence-corrected chi connectivity index (χ0v) is 15.8. The van der Waals surface area contributed by atoms with E-state index >= 15 is 0 Å². The van der Waals surface area contributed by atoms with E-state index in [0.717, 1.165) is 11.1 Å². The third-order valence-corrected chi connectivity index (χ3v) is 4.77. The van der Waals surface area contributed by atoms with Crippen LogP contribution in [0.3, 0.4) is 0 Å². The molecule has 4 heteroatoms. The Morgan fingerprint density at radius 3 is 2.04 bits per heavy atom. The van der Waals surface area contributed by atoms with E-state index in [0.29, 0.717) is 31.2 Å². The summed E-state index contributed by atoms with van der Waals surface area (Å²) in [7, 11) is 0. The lowest BCUT2D eigenvalue weighted by atomic mass is 9.95. The maximum atomic E-state index is 12.2. The van der Waals surface area contributed by atoms with Crippen molar-refractivity contribution in [1.29, 1.82) is 0 Å².